The first-order valence-corrected chi connectivity index (χ1v) is 12.5. The lowest BCUT2D eigenvalue weighted by atomic mass is 10.2. The average Bonchev–Trinajstić information content (AvgIpc) is 3.25. The normalized spacial score (nSPS) is 11.7. The van der Waals surface area contributed by atoms with E-state index in [4.69, 9.17) is 14.2 Å². The molecular formula is C21H24N4O8S2. The molecule has 1 N–H and O–H groups in total. The van der Waals surface area contributed by atoms with Crippen LogP contribution in [0.2, 0.25) is 0 Å². The van der Waals surface area contributed by atoms with Gasteiger partial charge in [-0.1, -0.05) is 11.3 Å². The summed E-state index contributed by atoms with van der Waals surface area (Å²) in [6.45, 7) is 0.756. The number of nitro benzene ring substituents is 1. The van der Waals surface area contributed by atoms with Crippen LogP contribution in [0.5, 0.6) is 5.75 Å². The van der Waals surface area contributed by atoms with Crippen molar-refractivity contribution in [3.63, 3.8) is 0 Å². The fourth-order valence-electron chi connectivity index (χ4n) is 3.13. The Labute approximate surface area is 205 Å². The maximum Gasteiger partial charge on any atom is 0.274 e. The number of rotatable bonds is 12. The largest absolute Gasteiger partial charge is 0.494 e. The maximum atomic E-state index is 13.0. The third-order valence-electron chi connectivity index (χ3n) is 4.94. The molecule has 0 saturated heterocycles. The monoisotopic (exact) mass is 524 g/mol. The van der Waals surface area contributed by atoms with Crippen molar-refractivity contribution in [2.45, 2.75) is 4.90 Å². The number of fused-ring (bicyclic) bond motifs is 1. The molecule has 14 heteroatoms. The van der Waals surface area contributed by atoms with Gasteiger partial charge in [-0.2, -0.15) is 4.31 Å². The van der Waals surface area contributed by atoms with Gasteiger partial charge in [-0.05, 0) is 24.3 Å². The van der Waals surface area contributed by atoms with E-state index in [-0.39, 0.29) is 53.3 Å². The standard InChI is InChI=1S/C21H24N4O8S2/c1-31-10-8-24(9-11-32-2)35(29,30)16-6-4-14(5-7-16)20(26)23-21-22-19-17(33-3)12-15(25(27)28)13-18(19)34-21/h4-7,12-13H,8-11H2,1-3H3,(H,22,23,26). The number of sulfonamides is 1. The van der Waals surface area contributed by atoms with Crippen LogP contribution in [0.1, 0.15) is 10.4 Å². The van der Waals surface area contributed by atoms with Gasteiger partial charge < -0.3 is 14.2 Å². The van der Waals surface area contributed by atoms with Crippen molar-refractivity contribution < 1.29 is 32.3 Å². The lowest BCUT2D eigenvalue weighted by Gasteiger charge is -2.21. The summed E-state index contributed by atoms with van der Waals surface area (Å²) in [6.07, 6.45) is 0. The van der Waals surface area contributed by atoms with Gasteiger partial charge in [0.2, 0.25) is 10.0 Å². The Hall–Kier alpha value is -3.17. The number of non-ortho nitro benzene ring substituents is 1. The molecule has 0 atom stereocenters. The number of aromatic nitrogens is 1. The van der Waals surface area contributed by atoms with Gasteiger partial charge in [0, 0.05) is 38.9 Å². The number of hydrogen-bond donors (Lipinski definition) is 1. The fourth-order valence-corrected chi connectivity index (χ4v) is 5.45. The quantitative estimate of drug-likeness (QED) is 0.279. The summed E-state index contributed by atoms with van der Waals surface area (Å²) < 4.78 is 42.9. The highest BCUT2D eigenvalue weighted by molar-refractivity contribution is 7.89. The molecule has 0 unspecified atom stereocenters. The Morgan fingerprint density at radius 2 is 1.74 bits per heavy atom. The number of benzene rings is 2. The van der Waals surface area contributed by atoms with Crippen molar-refractivity contribution >= 4 is 48.3 Å². The smallest absolute Gasteiger partial charge is 0.274 e. The van der Waals surface area contributed by atoms with E-state index in [2.05, 4.69) is 10.3 Å². The van der Waals surface area contributed by atoms with Crippen molar-refractivity contribution in [3.05, 3.63) is 52.1 Å². The van der Waals surface area contributed by atoms with Gasteiger partial charge in [-0.3, -0.25) is 20.2 Å². The van der Waals surface area contributed by atoms with E-state index in [1.165, 1.54) is 62.0 Å². The number of carbonyl (C=O) groups excluding carboxylic acids is 1. The first kappa shape index (κ1) is 26.4. The summed E-state index contributed by atoms with van der Waals surface area (Å²) in [5.74, 6) is -0.302. The summed E-state index contributed by atoms with van der Waals surface area (Å²) in [5, 5.41) is 14.0. The van der Waals surface area contributed by atoms with E-state index in [1.807, 2.05) is 0 Å². The summed E-state index contributed by atoms with van der Waals surface area (Å²) in [7, 11) is 0.519. The predicted molar refractivity (Wildman–Crippen MR) is 130 cm³/mol. The van der Waals surface area contributed by atoms with Gasteiger partial charge in [0.25, 0.3) is 11.6 Å². The van der Waals surface area contributed by atoms with Gasteiger partial charge in [-0.25, -0.2) is 13.4 Å². The summed E-state index contributed by atoms with van der Waals surface area (Å²) in [5.41, 5.74) is 0.436. The molecule has 3 aromatic rings. The molecule has 188 valence electrons. The average molecular weight is 525 g/mol. The minimum absolute atomic E-state index is 0.0262. The molecule has 1 aromatic heterocycles. The molecule has 3 rings (SSSR count). The Morgan fingerprint density at radius 3 is 2.29 bits per heavy atom. The van der Waals surface area contributed by atoms with Crippen LogP contribution in [0.25, 0.3) is 10.2 Å². The van der Waals surface area contributed by atoms with Gasteiger partial charge in [0.1, 0.15) is 5.52 Å². The maximum absolute atomic E-state index is 13.0. The van der Waals surface area contributed by atoms with Crippen LogP contribution in [-0.2, 0) is 19.5 Å². The first-order chi connectivity index (χ1) is 16.7. The molecule has 35 heavy (non-hydrogen) atoms. The van der Waals surface area contributed by atoms with Crippen LogP contribution in [-0.4, -0.2) is 76.2 Å². The molecule has 1 heterocycles. The van der Waals surface area contributed by atoms with Crippen LogP contribution in [0.15, 0.2) is 41.3 Å². The summed E-state index contributed by atoms with van der Waals surface area (Å²) >= 11 is 1.05. The number of thiazole rings is 1. The van der Waals surface area contributed by atoms with Crippen molar-refractivity contribution in [3.8, 4) is 5.75 Å². The van der Waals surface area contributed by atoms with Crippen molar-refractivity contribution in [2.24, 2.45) is 0 Å². The summed E-state index contributed by atoms with van der Waals surface area (Å²) in [4.78, 5) is 27.6. The molecule has 0 fully saturated rings. The number of nitrogens with one attached hydrogen (secondary N) is 1. The molecule has 2 aromatic carbocycles. The Bertz CT molecular complexity index is 1300. The number of methoxy groups -OCH3 is 3. The van der Waals surface area contributed by atoms with E-state index in [1.54, 1.807) is 0 Å². The Balaban J connectivity index is 1.80. The number of amides is 1. The molecule has 0 saturated carbocycles. The number of nitrogens with zero attached hydrogens (tertiary/aromatic N) is 3. The highest BCUT2D eigenvalue weighted by Crippen LogP contribution is 2.36. The topological polar surface area (TPSA) is 150 Å². The van der Waals surface area contributed by atoms with Crippen LogP contribution in [0.3, 0.4) is 0 Å². The molecule has 0 radical (unpaired) electrons. The van der Waals surface area contributed by atoms with E-state index in [0.29, 0.717) is 10.2 Å². The number of ether oxygens (including phenoxy) is 3. The molecule has 0 spiro atoms. The molecular weight excluding hydrogens is 500 g/mol. The number of anilines is 1. The van der Waals surface area contributed by atoms with Crippen LogP contribution in [0.4, 0.5) is 10.8 Å². The lowest BCUT2D eigenvalue weighted by Crippen LogP contribution is -2.36. The molecule has 0 aliphatic carbocycles. The molecule has 1 amide bonds. The number of hydrogen-bond acceptors (Lipinski definition) is 10. The highest BCUT2D eigenvalue weighted by atomic mass is 32.2. The van der Waals surface area contributed by atoms with Gasteiger partial charge in [-0.15, -0.1) is 0 Å². The third-order valence-corrected chi connectivity index (χ3v) is 7.77. The van der Waals surface area contributed by atoms with Crippen molar-refractivity contribution in [2.75, 3.05) is 52.9 Å². The second-order valence-electron chi connectivity index (χ2n) is 7.14. The zero-order valence-electron chi connectivity index (χ0n) is 19.2. The van der Waals surface area contributed by atoms with E-state index in [0.717, 1.165) is 11.3 Å². The molecule has 0 bridgehead atoms. The zero-order chi connectivity index (χ0) is 25.6. The second-order valence-corrected chi connectivity index (χ2v) is 10.1. The number of carbonyl (C=O) groups is 1. The molecule has 0 aliphatic heterocycles. The van der Waals surface area contributed by atoms with Crippen molar-refractivity contribution in [1.82, 2.24) is 9.29 Å². The SMILES string of the molecule is COCCN(CCOC)S(=O)(=O)c1ccc(C(=O)Nc2nc3c(OC)cc([N+](=O)[O-])cc3s2)cc1. The zero-order valence-corrected chi connectivity index (χ0v) is 20.8. The predicted octanol–water partition coefficient (Wildman–Crippen LogP) is 2.75. The third kappa shape index (κ3) is 6.10. The van der Waals surface area contributed by atoms with Gasteiger partial charge in [0.15, 0.2) is 10.9 Å². The van der Waals surface area contributed by atoms with E-state index >= 15 is 0 Å². The molecule has 12 nitrogen and oxygen atoms in total. The van der Waals surface area contributed by atoms with Crippen LogP contribution in [0, 0.1) is 10.1 Å². The minimum atomic E-state index is -3.82. The summed E-state index contributed by atoms with van der Waals surface area (Å²) in [6, 6.07) is 8.10. The van der Waals surface area contributed by atoms with Crippen LogP contribution < -0.4 is 10.1 Å². The number of nitro groups is 1. The van der Waals surface area contributed by atoms with Gasteiger partial charge in [0.05, 0.1) is 40.9 Å². The molecule has 0 aliphatic rings. The fraction of sp³-hybridized carbons (Fsp3) is 0.333. The lowest BCUT2D eigenvalue weighted by molar-refractivity contribution is -0.384. The van der Waals surface area contributed by atoms with E-state index in [9.17, 15) is 23.3 Å². The minimum Gasteiger partial charge on any atom is -0.494 e. The van der Waals surface area contributed by atoms with Crippen molar-refractivity contribution in [1.29, 1.82) is 0 Å². The van der Waals surface area contributed by atoms with Crippen LogP contribution >= 0.6 is 11.3 Å². The van der Waals surface area contributed by atoms with E-state index < -0.39 is 20.9 Å². The van der Waals surface area contributed by atoms with Gasteiger partial charge >= 0.3 is 0 Å². The first-order valence-electron chi connectivity index (χ1n) is 10.2. The second kappa shape index (κ2) is 11.5. The Kier molecular flexibility index (Phi) is 8.69. The Morgan fingerprint density at radius 1 is 1.11 bits per heavy atom. The highest BCUT2D eigenvalue weighted by Gasteiger charge is 2.24.